The van der Waals surface area contributed by atoms with E-state index in [0.717, 1.165) is 0 Å². The molecule has 2 rings (SSSR count). The molecule has 2 unspecified atom stereocenters. The Balaban J connectivity index is 2.15. The van der Waals surface area contributed by atoms with Crippen LogP contribution in [0.25, 0.3) is 0 Å². The Morgan fingerprint density at radius 2 is 1.00 bits per heavy atom. The average molecular weight is 357 g/mol. The molecule has 0 radical (unpaired) electrons. The van der Waals surface area contributed by atoms with Gasteiger partial charge >= 0.3 is 0 Å². The van der Waals surface area contributed by atoms with Gasteiger partial charge in [0.05, 0.1) is 0 Å². The van der Waals surface area contributed by atoms with E-state index < -0.39 is 0 Å². The molecule has 0 aliphatic carbocycles. The van der Waals surface area contributed by atoms with Crippen LogP contribution in [0, 0.1) is 0 Å². The van der Waals surface area contributed by atoms with Crippen molar-refractivity contribution in [3.8, 4) is 0 Å². The van der Waals surface area contributed by atoms with Crippen LogP contribution in [0.4, 0.5) is 11.4 Å². The molecule has 0 saturated carbocycles. The standard InChI is InChI=1S/C20H32N2Si2/c1-5-17(3)21(19-13-9-7-10-14-19)23-24-22(18(4)6-2)20-15-11-8-12-16-20/h7-18H,5-6,23-24H2,1-4H3. The smallest absolute Gasteiger partial charge is 0.131 e. The molecule has 130 valence electrons. The molecule has 0 aromatic heterocycles. The quantitative estimate of drug-likeness (QED) is 0.632. The summed E-state index contributed by atoms with van der Waals surface area (Å²) in [5.41, 5.74) is 2.84. The van der Waals surface area contributed by atoms with Crippen LogP contribution in [-0.2, 0) is 0 Å². The van der Waals surface area contributed by atoms with Crippen LogP contribution in [0.3, 0.4) is 0 Å². The molecule has 0 aliphatic heterocycles. The molecule has 4 heteroatoms. The number of benzene rings is 2. The van der Waals surface area contributed by atoms with Crippen molar-refractivity contribution in [2.24, 2.45) is 0 Å². The molecule has 0 fully saturated rings. The molecule has 0 N–H and O–H groups in total. The molecule has 2 aromatic rings. The monoisotopic (exact) mass is 356 g/mol. The number of rotatable bonds is 9. The predicted octanol–water partition coefficient (Wildman–Crippen LogP) is 3.68. The second kappa shape index (κ2) is 9.69. The van der Waals surface area contributed by atoms with Gasteiger partial charge in [-0.2, -0.15) is 0 Å². The largest absolute Gasteiger partial charge is 0.402 e. The average Bonchev–Trinajstić information content (AvgIpc) is 2.65. The van der Waals surface area contributed by atoms with Gasteiger partial charge in [-0.25, -0.2) is 0 Å². The van der Waals surface area contributed by atoms with E-state index in [9.17, 15) is 0 Å². The molecule has 0 amide bonds. The maximum Gasteiger partial charge on any atom is 0.131 e. The van der Waals surface area contributed by atoms with Crippen molar-refractivity contribution < 1.29 is 0 Å². The lowest BCUT2D eigenvalue weighted by Crippen LogP contribution is -2.47. The molecule has 2 nitrogen and oxygen atoms in total. The molecule has 0 bridgehead atoms. The van der Waals surface area contributed by atoms with Crippen LogP contribution >= 0.6 is 0 Å². The molecule has 0 heterocycles. The molecule has 0 aliphatic rings. The second-order valence-electron chi connectivity index (χ2n) is 6.57. The summed E-state index contributed by atoms with van der Waals surface area (Å²) in [5.74, 6) is 0. The highest BCUT2D eigenvalue weighted by molar-refractivity contribution is 7.04. The molecular formula is C20H32N2Si2. The third-order valence-corrected chi connectivity index (χ3v) is 11.6. The Kier molecular flexibility index (Phi) is 7.60. The Labute approximate surface area is 152 Å². The van der Waals surface area contributed by atoms with E-state index in [1.165, 1.54) is 24.2 Å². The van der Waals surface area contributed by atoms with Gasteiger partial charge in [0.15, 0.2) is 0 Å². The van der Waals surface area contributed by atoms with Crippen molar-refractivity contribution >= 4 is 29.8 Å². The summed E-state index contributed by atoms with van der Waals surface area (Å²) in [5, 5.41) is 0. The van der Waals surface area contributed by atoms with Gasteiger partial charge in [0, 0.05) is 23.5 Å². The van der Waals surface area contributed by atoms with Gasteiger partial charge in [-0.3, -0.25) is 0 Å². The minimum Gasteiger partial charge on any atom is -0.402 e. The fraction of sp³-hybridized carbons (Fsp3) is 0.400. The minimum absolute atomic E-state index is 0.277. The first kappa shape index (κ1) is 18.8. The molecular weight excluding hydrogens is 324 g/mol. The van der Waals surface area contributed by atoms with Crippen molar-refractivity contribution in [3.05, 3.63) is 60.7 Å². The summed E-state index contributed by atoms with van der Waals surface area (Å²) in [4.78, 5) is 0. The Morgan fingerprint density at radius 3 is 1.29 bits per heavy atom. The fourth-order valence-electron chi connectivity index (χ4n) is 3.10. The third-order valence-electron chi connectivity index (χ3n) is 5.00. The SMILES string of the molecule is CCC(C)N([SiH2][SiH2]N(c1ccccc1)C(C)CC)c1ccccc1. The van der Waals surface area contributed by atoms with E-state index in [0.29, 0.717) is 12.1 Å². The van der Waals surface area contributed by atoms with Gasteiger partial charge in [0.1, 0.15) is 18.4 Å². The van der Waals surface area contributed by atoms with Crippen LogP contribution in [-0.4, -0.2) is 30.5 Å². The zero-order chi connectivity index (χ0) is 17.4. The van der Waals surface area contributed by atoms with Gasteiger partial charge in [-0.05, 0) is 51.0 Å². The number of hydrogen-bond donors (Lipinski definition) is 0. The van der Waals surface area contributed by atoms with Crippen molar-refractivity contribution in [1.29, 1.82) is 0 Å². The maximum absolute atomic E-state index is 2.74. The predicted molar refractivity (Wildman–Crippen MR) is 114 cm³/mol. The van der Waals surface area contributed by atoms with Gasteiger partial charge < -0.3 is 9.13 Å². The van der Waals surface area contributed by atoms with Crippen LogP contribution in [0.2, 0.25) is 0 Å². The number of para-hydroxylation sites is 2. The summed E-state index contributed by atoms with van der Waals surface area (Å²) in [6.07, 6.45) is 2.43. The normalized spacial score (nSPS) is 14.3. The number of hydrogen-bond acceptors (Lipinski definition) is 2. The second-order valence-corrected chi connectivity index (χ2v) is 11.5. The van der Waals surface area contributed by atoms with Crippen molar-refractivity contribution in [1.82, 2.24) is 0 Å². The number of nitrogens with zero attached hydrogens (tertiary/aromatic N) is 2. The van der Waals surface area contributed by atoms with E-state index in [4.69, 9.17) is 0 Å². The van der Waals surface area contributed by atoms with Crippen LogP contribution in [0.5, 0.6) is 0 Å². The van der Waals surface area contributed by atoms with Crippen LogP contribution in [0.15, 0.2) is 60.7 Å². The van der Waals surface area contributed by atoms with E-state index in [1.807, 2.05) is 0 Å². The molecule has 24 heavy (non-hydrogen) atoms. The van der Waals surface area contributed by atoms with Gasteiger partial charge in [0.25, 0.3) is 0 Å². The lowest BCUT2D eigenvalue weighted by Gasteiger charge is -2.36. The molecule has 0 saturated heterocycles. The van der Waals surface area contributed by atoms with Gasteiger partial charge in [-0.1, -0.05) is 50.2 Å². The summed E-state index contributed by atoms with van der Waals surface area (Å²) < 4.78 is 5.48. The molecule has 2 atom stereocenters. The van der Waals surface area contributed by atoms with Gasteiger partial charge in [-0.15, -0.1) is 0 Å². The van der Waals surface area contributed by atoms with Crippen LogP contribution in [0.1, 0.15) is 40.5 Å². The van der Waals surface area contributed by atoms with E-state index >= 15 is 0 Å². The Bertz CT molecular complexity index is 523. The topological polar surface area (TPSA) is 6.48 Å². The Morgan fingerprint density at radius 1 is 0.667 bits per heavy atom. The third kappa shape index (κ3) is 4.98. The zero-order valence-corrected chi connectivity index (χ0v) is 18.5. The molecule has 0 spiro atoms. The lowest BCUT2D eigenvalue weighted by molar-refractivity contribution is 0.707. The zero-order valence-electron chi connectivity index (χ0n) is 15.7. The summed E-state index contributed by atoms with van der Waals surface area (Å²) >= 11 is 0. The first-order valence-corrected chi connectivity index (χ1v) is 14.6. The highest BCUT2D eigenvalue weighted by atomic mass is 29.2. The van der Waals surface area contributed by atoms with E-state index in [2.05, 4.69) is 97.5 Å². The van der Waals surface area contributed by atoms with Crippen molar-refractivity contribution in [2.45, 2.75) is 52.6 Å². The first-order valence-electron chi connectivity index (χ1n) is 9.30. The first-order chi connectivity index (χ1) is 11.7. The molecule has 2 aromatic carbocycles. The van der Waals surface area contributed by atoms with Crippen molar-refractivity contribution in [3.63, 3.8) is 0 Å². The Hall–Kier alpha value is -1.53. The lowest BCUT2D eigenvalue weighted by atomic mass is 10.2. The highest BCUT2D eigenvalue weighted by Crippen LogP contribution is 2.20. The summed E-state index contributed by atoms with van der Waals surface area (Å²) in [6, 6.07) is 23.3. The summed E-state index contributed by atoms with van der Waals surface area (Å²) in [6.45, 7) is 9.37. The van der Waals surface area contributed by atoms with Crippen LogP contribution < -0.4 is 9.13 Å². The van der Waals surface area contributed by atoms with E-state index in [-0.39, 0.29) is 18.4 Å². The van der Waals surface area contributed by atoms with Gasteiger partial charge in [0.2, 0.25) is 0 Å². The minimum atomic E-state index is -0.277. The number of anilines is 2. The van der Waals surface area contributed by atoms with E-state index in [1.54, 1.807) is 0 Å². The summed E-state index contributed by atoms with van der Waals surface area (Å²) in [7, 11) is -0.553. The fourth-order valence-corrected chi connectivity index (χ4v) is 11.4. The maximum atomic E-state index is 2.74. The highest BCUT2D eigenvalue weighted by Gasteiger charge is 2.18. The van der Waals surface area contributed by atoms with Crippen molar-refractivity contribution in [2.75, 3.05) is 9.13 Å².